The third kappa shape index (κ3) is 2.95. The van der Waals surface area contributed by atoms with Gasteiger partial charge in [-0.05, 0) is 46.7 Å². The highest BCUT2D eigenvalue weighted by atomic mass is 79.9. The predicted octanol–water partition coefficient (Wildman–Crippen LogP) is 3.49. The molecule has 1 heterocycles. The van der Waals surface area contributed by atoms with Crippen molar-refractivity contribution in [2.24, 2.45) is 0 Å². The molecular weight excluding hydrogens is 304 g/mol. The molecule has 0 fully saturated rings. The summed E-state index contributed by atoms with van der Waals surface area (Å²) >= 11 is 4.77. The topological polar surface area (TPSA) is 56.0 Å². The van der Waals surface area contributed by atoms with Gasteiger partial charge in [-0.25, -0.2) is 0 Å². The van der Waals surface area contributed by atoms with E-state index in [-0.39, 0.29) is 5.78 Å². The highest BCUT2D eigenvalue weighted by molar-refractivity contribution is 9.10. The Bertz CT molecular complexity index is 568. The lowest BCUT2D eigenvalue weighted by Crippen LogP contribution is -1.91. The van der Waals surface area contributed by atoms with Crippen LogP contribution in [0.5, 0.6) is 0 Å². The minimum atomic E-state index is 0.0379. The number of carbonyl (C=O) groups is 1. The predicted molar refractivity (Wildman–Crippen MR) is 67.3 cm³/mol. The number of carbonyl (C=O) groups excluding carboxylic acids is 1. The first-order valence-electron chi connectivity index (χ1n) is 4.84. The van der Waals surface area contributed by atoms with E-state index in [0.717, 1.165) is 9.37 Å². The van der Waals surface area contributed by atoms with Crippen molar-refractivity contribution in [2.45, 2.75) is 24.0 Å². The van der Waals surface area contributed by atoms with Crippen LogP contribution in [0, 0.1) is 6.92 Å². The van der Waals surface area contributed by atoms with E-state index in [0.29, 0.717) is 16.7 Å². The van der Waals surface area contributed by atoms with Crippen molar-refractivity contribution in [1.29, 1.82) is 0 Å². The quantitative estimate of drug-likeness (QED) is 0.812. The lowest BCUT2D eigenvalue weighted by Gasteiger charge is -2.02. The summed E-state index contributed by atoms with van der Waals surface area (Å²) in [5.41, 5.74) is 0.669. The molecule has 0 spiro atoms. The minimum Gasteiger partial charge on any atom is -0.416 e. The third-order valence-corrected chi connectivity index (χ3v) is 3.88. The number of rotatable bonds is 3. The number of benzene rings is 1. The van der Waals surface area contributed by atoms with Crippen LogP contribution in [0.4, 0.5) is 0 Å². The summed E-state index contributed by atoms with van der Waals surface area (Å²) in [4.78, 5) is 12.1. The molecule has 4 nitrogen and oxygen atoms in total. The van der Waals surface area contributed by atoms with Gasteiger partial charge in [-0.1, -0.05) is 6.07 Å². The molecule has 0 saturated carbocycles. The molecule has 0 aliphatic carbocycles. The molecule has 0 atom stereocenters. The third-order valence-electron chi connectivity index (χ3n) is 2.04. The van der Waals surface area contributed by atoms with Crippen molar-refractivity contribution >= 4 is 33.5 Å². The van der Waals surface area contributed by atoms with Crippen LogP contribution in [0.3, 0.4) is 0 Å². The number of nitrogens with zero attached hydrogens (tertiary/aromatic N) is 2. The van der Waals surface area contributed by atoms with Crippen LogP contribution in [0.1, 0.15) is 23.2 Å². The van der Waals surface area contributed by atoms with Gasteiger partial charge in [0, 0.05) is 21.9 Å². The summed E-state index contributed by atoms with van der Waals surface area (Å²) in [6.45, 7) is 3.28. The van der Waals surface area contributed by atoms with Crippen molar-refractivity contribution in [2.75, 3.05) is 0 Å². The number of hydrogen-bond donors (Lipinski definition) is 0. The fourth-order valence-electron chi connectivity index (χ4n) is 1.22. The van der Waals surface area contributed by atoms with Gasteiger partial charge in [-0.15, -0.1) is 10.2 Å². The lowest BCUT2D eigenvalue weighted by atomic mass is 10.2. The smallest absolute Gasteiger partial charge is 0.281 e. The number of halogens is 1. The molecule has 1 aromatic carbocycles. The maximum atomic E-state index is 11.2. The largest absolute Gasteiger partial charge is 0.416 e. The number of Topliss-reactive ketones (excluding diaryl/α,β-unsaturated/α-hetero) is 1. The van der Waals surface area contributed by atoms with Gasteiger partial charge in [-0.2, -0.15) is 0 Å². The van der Waals surface area contributed by atoms with Gasteiger partial charge in [0.05, 0.1) is 0 Å². The molecule has 1 aromatic heterocycles. The summed E-state index contributed by atoms with van der Waals surface area (Å²) in [5, 5.41) is 8.13. The Morgan fingerprint density at radius 3 is 2.71 bits per heavy atom. The van der Waals surface area contributed by atoms with Gasteiger partial charge in [0.2, 0.25) is 5.89 Å². The van der Waals surface area contributed by atoms with E-state index in [2.05, 4.69) is 26.1 Å². The van der Waals surface area contributed by atoms with Crippen molar-refractivity contribution in [3.05, 3.63) is 34.1 Å². The standard InChI is InChI=1S/C11H9BrN2O2S/c1-6(15)8-3-4-10(9(12)5-8)17-11-14-13-7(2)16-11/h3-5H,1-2H3. The van der Waals surface area contributed by atoms with Crippen molar-refractivity contribution in [1.82, 2.24) is 10.2 Å². The van der Waals surface area contributed by atoms with Gasteiger partial charge in [0.1, 0.15) is 0 Å². The molecule has 2 rings (SSSR count). The number of aromatic nitrogens is 2. The van der Waals surface area contributed by atoms with E-state index < -0.39 is 0 Å². The van der Waals surface area contributed by atoms with E-state index in [1.807, 2.05) is 6.07 Å². The molecule has 0 amide bonds. The van der Waals surface area contributed by atoms with E-state index in [4.69, 9.17) is 4.42 Å². The first-order valence-corrected chi connectivity index (χ1v) is 6.45. The summed E-state index contributed by atoms with van der Waals surface area (Å²) in [6.07, 6.45) is 0. The maximum Gasteiger partial charge on any atom is 0.281 e. The van der Waals surface area contributed by atoms with Gasteiger partial charge < -0.3 is 4.42 Å². The molecule has 0 saturated heterocycles. The first kappa shape index (κ1) is 12.3. The molecule has 6 heteroatoms. The van der Waals surface area contributed by atoms with E-state index in [9.17, 15) is 4.79 Å². The van der Waals surface area contributed by atoms with Gasteiger partial charge in [0.25, 0.3) is 5.22 Å². The number of hydrogen-bond acceptors (Lipinski definition) is 5. The Labute approximate surface area is 111 Å². The average molecular weight is 313 g/mol. The Kier molecular flexibility index (Phi) is 3.63. The highest BCUT2D eigenvalue weighted by Crippen LogP contribution is 2.33. The SMILES string of the molecule is CC(=O)c1ccc(Sc2nnc(C)o2)c(Br)c1. The Balaban J connectivity index is 2.25. The zero-order chi connectivity index (χ0) is 12.4. The highest BCUT2D eigenvalue weighted by Gasteiger charge is 2.09. The number of aryl methyl sites for hydroxylation is 1. The van der Waals surface area contributed by atoms with Crippen molar-refractivity contribution in [3.63, 3.8) is 0 Å². The monoisotopic (exact) mass is 312 g/mol. The molecule has 0 N–H and O–H groups in total. The first-order chi connectivity index (χ1) is 8.06. The zero-order valence-electron chi connectivity index (χ0n) is 9.23. The molecular formula is C11H9BrN2O2S. The van der Waals surface area contributed by atoms with Crippen LogP contribution in [0.15, 0.2) is 37.2 Å². The average Bonchev–Trinajstić information content (AvgIpc) is 2.67. The van der Waals surface area contributed by atoms with E-state index in [1.165, 1.54) is 18.7 Å². The van der Waals surface area contributed by atoms with Crippen LogP contribution in [-0.4, -0.2) is 16.0 Å². The van der Waals surface area contributed by atoms with Gasteiger partial charge >= 0.3 is 0 Å². The van der Waals surface area contributed by atoms with Gasteiger partial charge in [-0.3, -0.25) is 4.79 Å². The zero-order valence-corrected chi connectivity index (χ0v) is 11.6. The van der Waals surface area contributed by atoms with Crippen LogP contribution in [0.25, 0.3) is 0 Å². The summed E-state index contributed by atoms with van der Waals surface area (Å²) in [5.74, 6) is 0.569. The molecule has 0 radical (unpaired) electrons. The fourth-order valence-corrected chi connectivity index (χ4v) is 2.56. The van der Waals surface area contributed by atoms with Crippen LogP contribution >= 0.6 is 27.7 Å². The normalized spacial score (nSPS) is 10.5. The summed E-state index contributed by atoms with van der Waals surface area (Å²) < 4.78 is 6.11. The van der Waals surface area contributed by atoms with Crippen LogP contribution in [-0.2, 0) is 0 Å². The molecule has 88 valence electrons. The Morgan fingerprint density at radius 1 is 1.41 bits per heavy atom. The Morgan fingerprint density at radius 2 is 2.18 bits per heavy atom. The van der Waals surface area contributed by atoms with Crippen LogP contribution in [0.2, 0.25) is 0 Å². The molecule has 0 aliphatic rings. The second-order valence-corrected chi connectivity index (χ2v) is 5.24. The molecule has 17 heavy (non-hydrogen) atoms. The van der Waals surface area contributed by atoms with Gasteiger partial charge in [0.15, 0.2) is 5.78 Å². The second kappa shape index (κ2) is 5.01. The van der Waals surface area contributed by atoms with E-state index in [1.54, 1.807) is 19.1 Å². The fraction of sp³-hybridized carbons (Fsp3) is 0.182. The maximum absolute atomic E-state index is 11.2. The molecule has 0 unspecified atom stereocenters. The summed E-state index contributed by atoms with van der Waals surface area (Å²) in [6, 6.07) is 5.41. The lowest BCUT2D eigenvalue weighted by molar-refractivity contribution is 0.101. The van der Waals surface area contributed by atoms with Crippen molar-refractivity contribution in [3.8, 4) is 0 Å². The Hall–Kier alpha value is -1.14. The molecule has 0 aliphatic heterocycles. The number of ketones is 1. The second-order valence-electron chi connectivity index (χ2n) is 3.39. The summed E-state index contributed by atoms with van der Waals surface area (Å²) in [7, 11) is 0. The van der Waals surface area contributed by atoms with E-state index >= 15 is 0 Å². The van der Waals surface area contributed by atoms with Crippen molar-refractivity contribution < 1.29 is 9.21 Å². The minimum absolute atomic E-state index is 0.0379. The van der Waals surface area contributed by atoms with Crippen LogP contribution < -0.4 is 0 Å². The molecule has 0 bridgehead atoms. The molecule has 2 aromatic rings.